The Morgan fingerprint density at radius 1 is 1.33 bits per heavy atom. The minimum atomic E-state index is -0.242. The van der Waals surface area contributed by atoms with E-state index in [9.17, 15) is 4.79 Å². The summed E-state index contributed by atoms with van der Waals surface area (Å²) in [6, 6.07) is 7.65. The summed E-state index contributed by atoms with van der Waals surface area (Å²) < 4.78 is 7.30. The zero-order valence-corrected chi connectivity index (χ0v) is 14.8. The number of Topliss-reactive ketones (excluding diaryl/α,β-unsaturated/α-hetero) is 1. The van der Waals surface area contributed by atoms with Gasteiger partial charge < -0.3 is 4.74 Å². The van der Waals surface area contributed by atoms with E-state index in [0.717, 1.165) is 23.7 Å². The zero-order valence-electron chi connectivity index (χ0n) is 14.0. The van der Waals surface area contributed by atoms with Gasteiger partial charge in [-0.05, 0) is 61.4 Å². The first-order chi connectivity index (χ1) is 11.7. The number of tetrazole rings is 1. The first-order valence-electron chi connectivity index (χ1n) is 8.40. The molecule has 3 rings (SSSR count). The fraction of sp³-hybridized carbons (Fsp3) is 0.529. The van der Waals surface area contributed by atoms with Crippen LogP contribution < -0.4 is 4.74 Å². The summed E-state index contributed by atoms with van der Waals surface area (Å²) in [5.41, 5.74) is 0.679. The maximum absolute atomic E-state index is 12.6. The Labute approximate surface area is 146 Å². The normalized spacial score (nSPS) is 16.2. The van der Waals surface area contributed by atoms with Crippen LogP contribution in [0.15, 0.2) is 29.4 Å². The predicted octanol–water partition coefficient (Wildman–Crippen LogP) is 3.55. The summed E-state index contributed by atoms with van der Waals surface area (Å²) in [5.74, 6) is 0.851. The highest BCUT2D eigenvalue weighted by Gasteiger charge is 2.25. The average Bonchev–Trinajstić information content (AvgIpc) is 3.26. The van der Waals surface area contributed by atoms with Gasteiger partial charge in [-0.15, -0.1) is 5.10 Å². The van der Waals surface area contributed by atoms with E-state index in [4.69, 9.17) is 4.74 Å². The molecule has 0 bridgehead atoms. The van der Waals surface area contributed by atoms with Crippen molar-refractivity contribution in [1.29, 1.82) is 0 Å². The Morgan fingerprint density at radius 3 is 2.71 bits per heavy atom. The third kappa shape index (κ3) is 3.77. The summed E-state index contributed by atoms with van der Waals surface area (Å²) in [6.45, 7) is 4.45. The van der Waals surface area contributed by atoms with Crippen LogP contribution in [0.2, 0.25) is 0 Å². The minimum Gasteiger partial charge on any atom is -0.494 e. The molecular weight excluding hydrogens is 324 g/mol. The second kappa shape index (κ2) is 7.79. The first kappa shape index (κ1) is 17.0. The minimum absolute atomic E-state index is 0.0732. The van der Waals surface area contributed by atoms with Gasteiger partial charge in [-0.1, -0.05) is 24.6 Å². The van der Waals surface area contributed by atoms with E-state index in [1.54, 1.807) is 0 Å². The number of benzene rings is 1. The number of hydrogen-bond acceptors (Lipinski definition) is 6. The standard InChI is InChI=1S/C17H22N4O2S/c1-3-23-15-10-8-13(9-11-15)16(22)12(2)24-17-18-19-20-21(17)14-6-4-5-7-14/h8-12,14H,3-7H2,1-2H3/t12-/m0/s1. The largest absolute Gasteiger partial charge is 0.494 e. The van der Waals surface area contributed by atoms with Crippen molar-refractivity contribution < 1.29 is 9.53 Å². The second-order valence-electron chi connectivity index (χ2n) is 5.93. The number of rotatable bonds is 7. The van der Waals surface area contributed by atoms with E-state index >= 15 is 0 Å². The molecule has 1 aromatic carbocycles. The maximum atomic E-state index is 12.6. The number of carbonyl (C=O) groups excluding carboxylic acids is 1. The molecule has 1 fully saturated rings. The molecule has 0 amide bonds. The van der Waals surface area contributed by atoms with Gasteiger partial charge in [0.2, 0.25) is 5.16 Å². The summed E-state index contributed by atoms with van der Waals surface area (Å²) in [6.07, 6.45) is 4.66. The molecule has 0 saturated heterocycles. The molecule has 1 atom stereocenters. The van der Waals surface area contributed by atoms with Crippen molar-refractivity contribution in [2.24, 2.45) is 0 Å². The van der Waals surface area contributed by atoms with Crippen LogP contribution in [0.5, 0.6) is 5.75 Å². The molecule has 128 valence electrons. The molecule has 2 aromatic rings. The molecule has 1 aliphatic carbocycles. The molecular formula is C17H22N4O2S. The Balaban J connectivity index is 1.67. The number of ether oxygens (including phenoxy) is 1. The van der Waals surface area contributed by atoms with Crippen LogP contribution in [-0.2, 0) is 0 Å². The molecule has 1 aromatic heterocycles. The molecule has 24 heavy (non-hydrogen) atoms. The summed E-state index contributed by atoms with van der Waals surface area (Å²) in [5, 5.41) is 12.5. The van der Waals surface area contributed by atoms with Gasteiger partial charge >= 0.3 is 0 Å². The van der Waals surface area contributed by atoms with E-state index < -0.39 is 0 Å². The van der Waals surface area contributed by atoms with Crippen molar-refractivity contribution >= 4 is 17.5 Å². The van der Waals surface area contributed by atoms with E-state index in [1.165, 1.54) is 24.6 Å². The first-order valence-corrected chi connectivity index (χ1v) is 9.28. The SMILES string of the molecule is CCOc1ccc(C(=O)[C@H](C)Sc2nnnn2C2CCCC2)cc1. The van der Waals surface area contributed by atoms with Gasteiger partial charge in [0.05, 0.1) is 17.9 Å². The van der Waals surface area contributed by atoms with Crippen molar-refractivity contribution in [2.45, 2.75) is 56.0 Å². The zero-order chi connectivity index (χ0) is 16.9. The topological polar surface area (TPSA) is 69.9 Å². The maximum Gasteiger partial charge on any atom is 0.210 e. The van der Waals surface area contributed by atoms with Gasteiger partial charge in [-0.25, -0.2) is 4.68 Å². The lowest BCUT2D eigenvalue weighted by molar-refractivity contribution is 0.0993. The van der Waals surface area contributed by atoms with Crippen LogP contribution in [-0.4, -0.2) is 37.8 Å². The lowest BCUT2D eigenvalue weighted by Crippen LogP contribution is -2.16. The van der Waals surface area contributed by atoms with Gasteiger partial charge in [-0.2, -0.15) is 0 Å². The lowest BCUT2D eigenvalue weighted by Gasteiger charge is -2.13. The molecule has 0 spiro atoms. The van der Waals surface area contributed by atoms with Crippen LogP contribution in [0.3, 0.4) is 0 Å². The number of hydrogen-bond donors (Lipinski definition) is 0. The van der Waals surface area contributed by atoms with E-state index in [0.29, 0.717) is 18.2 Å². The Bertz CT molecular complexity index is 680. The van der Waals surface area contributed by atoms with Crippen molar-refractivity contribution in [3.05, 3.63) is 29.8 Å². The van der Waals surface area contributed by atoms with Crippen LogP contribution in [0, 0.1) is 0 Å². The summed E-state index contributed by atoms with van der Waals surface area (Å²) >= 11 is 1.43. The molecule has 0 radical (unpaired) electrons. The smallest absolute Gasteiger partial charge is 0.210 e. The third-order valence-electron chi connectivity index (χ3n) is 4.23. The predicted molar refractivity (Wildman–Crippen MR) is 92.6 cm³/mol. The fourth-order valence-electron chi connectivity index (χ4n) is 2.97. The molecule has 6 nitrogen and oxygen atoms in total. The highest BCUT2D eigenvalue weighted by atomic mass is 32.2. The highest BCUT2D eigenvalue weighted by Crippen LogP contribution is 2.33. The second-order valence-corrected chi connectivity index (χ2v) is 7.23. The van der Waals surface area contributed by atoms with Gasteiger partial charge in [-0.3, -0.25) is 4.79 Å². The van der Waals surface area contributed by atoms with E-state index in [2.05, 4.69) is 15.5 Å². The molecule has 7 heteroatoms. The number of carbonyl (C=O) groups is 1. The Hall–Kier alpha value is -1.89. The molecule has 0 aliphatic heterocycles. The monoisotopic (exact) mass is 346 g/mol. The van der Waals surface area contributed by atoms with Crippen molar-refractivity contribution in [2.75, 3.05) is 6.61 Å². The molecule has 1 heterocycles. The van der Waals surface area contributed by atoms with Gasteiger partial charge in [0.15, 0.2) is 5.78 Å². The number of aromatic nitrogens is 4. The Morgan fingerprint density at radius 2 is 2.04 bits per heavy atom. The van der Waals surface area contributed by atoms with Gasteiger partial charge in [0, 0.05) is 5.56 Å². The average molecular weight is 346 g/mol. The van der Waals surface area contributed by atoms with Crippen LogP contribution in [0.25, 0.3) is 0 Å². The van der Waals surface area contributed by atoms with Gasteiger partial charge in [0.1, 0.15) is 5.75 Å². The quantitative estimate of drug-likeness (QED) is 0.564. The summed E-state index contributed by atoms with van der Waals surface area (Å²) in [7, 11) is 0. The lowest BCUT2D eigenvalue weighted by atomic mass is 10.1. The molecule has 1 aliphatic rings. The van der Waals surface area contributed by atoms with Crippen LogP contribution in [0.1, 0.15) is 55.9 Å². The Kier molecular flexibility index (Phi) is 5.50. The van der Waals surface area contributed by atoms with Crippen LogP contribution >= 0.6 is 11.8 Å². The summed E-state index contributed by atoms with van der Waals surface area (Å²) in [4.78, 5) is 12.6. The molecule has 0 N–H and O–H groups in total. The molecule has 1 saturated carbocycles. The highest BCUT2D eigenvalue weighted by molar-refractivity contribution is 8.00. The fourth-order valence-corrected chi connectivity index (χ4v) is 3.91. The number of ketones is 1. The third-order valence-corrected chi connectivity index (χ3v) is 5.28. The van der Waals surface area contributed by atoms with E-state index in [1.807, 2.05) is 42.8 Å². The van der Waals surface area contributed by atoms with Crippen molar-refractivity contribution in [3.8, 4) is 5.75 Å². The number of thioether (sulfide) groups is 1. The van der Waals surface area contributed by atoms with Crippen molar-refractivity contribution in [1.82, 2.24) is 20.2 Å². The molecule has 0 unspecified atom stereocenters. The van der Waals surface area contributed by atoms with E-state index in [-0.39, 0.29) is 11.0 Å². The van der Waals surface area contributed by atoms with Gasteiger partial charge in [0.25, 0.3) is 0 Å². The van der Waals surface area contributed by atoms with Crippen LogP contribution in [0.4, 0.5) is 0 Å². The number of nitrogens with zero attached hydrogens (tertiary/aromatic N) is 4. The van der Waals surface area contributed by atoms with Crippen molar-refractivity contribution in [3.63, 3.8) is 0 Å².